The molecule has 1 saturated carbocycles. The molecule has 2 atom stereocenters. The highest BCUT2D eigenvalue weighted by molar-refractivity contribution is 5.87. The Morgan fingerprint density at radius 2 is 1.85 bits per heavy atom. The second-order valence-corrected chi connectivity index (χ2v) is 8.09. The molecule has 2 N–H and O–H groups in total. The molecular formula is C18H29N3O5. The van der Waals surface area contributed by atoms with Crippen LogP contribution in [0.2, 0.25) is 0 Å². The molecule has 146 valence electrons. The summed E-state index contributed by atoms with van der Waals surface area (Å²) in [7, 11) is 1.26. The lowest BCUT2D eigenvalue weighted by Gasteiger charge is -2.45. The molecule has 8 heteroatoms. The number of hydrogen-bond acceptors (Lipinski definition) is 6. The van der Waals surface area contributed by atoms with Crippen molar-refractivity contribution in [3.63, 3.8) is 0 Å². The highest BCUT2D eigenvalue weighted by atomic mass is 16.5. The van der Waals surface area contributed by atoms with E-state index < -0.39 is 12.0 Å². The summed E-state index contributed by atoms with van der Waals surface area (Å²) in [4.78, 5) is 49.0. The molecule has 1 aliphatic carbocycles. The first-order chi connectivity index (χ1) is 12.1. The maximum Gasteiger partial charge on any atom is 0.315 e. The SMILES string of the molecule is COC(=O)CCC(=O)CNC(=O)NCC1(C)CC(N=C=O)CC(C)(C)C1. The number of nitrogens with zero attached hydrogens (tertiary/aromatic N) is 1. The minimum absolute atomic E-state index is 0.00439. The van der Waals surface area contributed by atoms with E-state index in [2.05, 4.69) is 41.1 Å². The Bertz CT molecular complexity index is 583. The fourth-order valence-electron chi connectivity index (χ4n) is 3.85. The van der Waals surface area contributed by atoms with Gasteiger partial charge in [-0.05, 0) is 30.1 Å². The Morgan fingerprint density at radius 3 is 2.46 bits per heavy atom. The van der Waals surface area contributed by atoms with Gasteiger partial charge in [0, 0.05) is 13.0 Å². The van der Waals surface area contributed by atoms with Gasteiger partial charge in [0.25, 0.3) is 0 Å². The van der Waals surface area contributed by atoms with Crippen LogP contribution in [0.15, 0.2) is 4.99 Å². The van der Waals surface area contributed by atoms with Gasteiger partial charge in [-0.25, -0.2) is 14.6 Å². The first kappa shape index (κ1) is 21.8. The zero-order valence-electron chi connectivity index (χ0n) is 16.0. The van der Waals surface area contributed by atoms with Gasteiger partial charge in [0.1, 0.15) is 0 Å². The molecule has 0 spiro atoms. The summed E-state index contributed by atoms with van der Waals surface area (Å²) < 4.78 is 4.46. The van der Waals surface area contributed by atoms with Crippen molar-refractivity contribution in [1.29, 1.82) is 0 Å². The maximum absolute atomic E-state index is 11.9. The molecule has 26 heavy (non-hydrogen) atoms. The molecule has 0 radical (unpaired) electrons. The number of carbonyl (C=O) groups excluding carboxylic acids is 4. The summed E-state index contributed by atoms with van der Waals surface area (Å²) in [6, 6.07) is -0.525. The molecule has 2 unspecified atom stereocenters. The summed E-state index contributed by atoms with van der Waals surface area (Å²) in [6.07, 6.45) is 4.08. The van der Waals surface area contributed by atoms with Gasteiger partial charge >= 0.3 is 12.0 Å². The van der Waals surface area contributed by atoms with Gasteiger partial charge in [0.05, 0.1) is 26.1 Å². The zero-order valence-corrected chi connectivity index (χ0v) is 16.0. The van der Waals surface area contributed by atoms with E-state index >= 15 is 0 Å². The van der Waals surface area contributed by atoms with Gasteiger partial charge < -0.3 is 15.4 Å². The number of Topliss-reactive ketones (excluding diaryl/α,β-unsaturated/α-hetero) is 1. The summed E-state index contributed by atoms with van der Waals surface area (Å²) in [5.41, 5.74) is -0.182. The molecular weight excluding hydrogens is 338 g/mol. The van der Waals surface area contributed by atoms with E-state index in [0.717, 1.165) is 12.8 Å². The van der Waals surface area contributed by atoms with E-state index in [-0.39, 0.29) is 42.0 Å². The lowest BCUT2D eigenvalue weighted by molar-refractivity contribution is -0.141. The summed E-state index contributed by atoms with van der Waals surface area (Å²) in [6.45, 7) is 6.59. The number of isocyanates is 1. The van der Waals surface area contributed by atoms with Crippen LogP contribution in [0, 0.1) is 10.8 Å². The Balaban J connectivity index is 2.44. The third-order valence-electron chi connectivity index (χ3n) is 4.61. The summed E-state index contributed by atoms with van der Waals surface area (Å²) in [5, 5.41) is 5.29. The number of methoxy groups -OCH3 is 1. The van der Waals surface area contributed by atoms with Crippen molar-refractivity contribution in [1.82, 2.24) is 10.6 Å². The molecule has 2 amide bonds. The monoisotopic (exact) mass is 367 g/mol. The van der Waals surface area contributed by atoms with Crippen molar-refractivity contribution < 1.29 is 23.9 Å². The Hall–Kier alpha value is -2.21. The minimum Gasteiger partial charge on any atom is -0.469 e. The highest BCUT2D eigenvalue weighted by Crippen LogP contribution is 2.46. The normalized spacial score (nSPS) is 24.1. The van der Waals surface area contributed by atoms with Crippen LogP contribution in [-0.2, 0) is 19.1 Å². The molecule has 0 heterocycles. The first-order valence-electron chi connectivity index (χ1n) is 8.76. The molecule has 0 aliphatic heterocycles. The average Bonchev–Trinajstić information content (AvgIpc) is 2.54. The van der Waals surface area contributed by atoms with Crippen LogP contribution in [0.4, 0.5) is 4.79 Å². The number of urea groups is 1. The van der Waals surface area contributed by atoms with Crippen LogP contribution in [0.1, 0.15) is 52.9 Å². The fraction of sp³-hybridized carbons (Fsp3) is 0.778. The zero-order chi connectivity index (χ0) is 19.8. The number of rotatable bonds is 8. The van der Waals surface area contributed by atoms with Crippen LogP contribution in [-0.4, -0.2) is 50.1 Å². The number of amides is 2. The smallest absolute Gasteiger partial charge is 0.315 e. The van der Waals surface area contributed by atoms with Crippen molar-refractivity contribution >= 4 is 23.9 Å². The molecule has 0 aromatic heterocycles. The summed E-state index contributed by atoms with van der Waals surface area (Å²) >= 11 is 0. The van der Waals surface area contributed by atoms with Crippen molar-refractivity contribution in [2.75, 3.05) is 20.2 Å². The average molecular weight is 367 g/mol. The topological polar surface area (TPSA) is 114 Å². The van der Waals surface area contributed by atoms with E-state index in [0.29, 0.717) is 13.0 Å². The van der Waals surface area contributed by atoms with Gasteiger partial charge in [-0.1, -0.05) is 20.8 Å². The third-order valence-corrected chi connectivity index (χ3v) is 4.61. The lowest BCUT2D eigenvalue weighted by atomic mass is 9.63. The van der Waals surface area contributed by atoms with Crippen molar-refractivity contribution in [3.8, 4) is 0 Å². The Labute approximate surface area is 154 Å². The molecule has 1 rings (SSSR count). The predicted molar refractivity (Wildman–Crippen MR) is 95.3 cm³/mol. The number of esters is 1. The van der Waals surface area contributed by atoms with E-state index in [4.69, 9.17) is 0 Å². The van der Waals surface area contributed by atoms with Gasteiger partial charge in [0.2, 0.25) is 6.08 Å². The minimum atomic E-state index is -0.455. The summed E-state index contributed by atoms with van der Waals surface area (Å²) in [5.74, 6) is -0.695. The molecule has 0 aromatic carbocycles. The second kappa shape index (κ2) is 9.48. The van der Waals surface area contributed by atoms with Crippen LogP contribution in [0.5, 0.6) is 0 Å². The lowest BCUT2D eigenvalue weighted by Crippen LogP contribution is -2.47. The Morgan fingerprint density at radius 1 is 1.15 bits per heavy atom. The second-order valence-electron chi connectivity index (χ2n) is 8.09. The molecule has 8 nitrogen and oxygen atoms in total. The first-order valence-corrected chi connectivity index (χ1v) is 8.76. The molecule has 0 aromatic rings. The Kier molecular flexibility index (Phi) is 7.96. The highest BCUT2D eigenvalue weighted by Gasteiger charge is 2.41. The van der Waals surface area contributed by atoms with Gasteiger partial charge in [-0.2, -0.15) is 0 Å². The molecule has 0 saturated heterocycles. The molecule has 0 bridgehead atoms. The van der Waals surface area contributed by atoms with Crippen LogP contribution >= 0.6 is 0 Å². The van der Waals surface area contributed by atoms with Gasteiger partial charge in [-0.15, -0.1) is 0 Å². The third kappa shape index (κ3) is 7.78. The molecule has 1 aliphatic rings. The van der Waals surface area contributed by atoms with E-state index in [9.17, 15) is 19.2 Å². The maximum atomic E-state index is 11.9. The predicted octanol–water partition coefficient (Wildman–Crippen LogP) is 1.73. The number of ketones is 1. The van der Waals surface area contributed by atoms with Gasteiger partial charge in [-0.3, -0.25) is 9.59 Å². The van der Waals surface area contributed by atoms with Crippen LogP contribution < -0.4 is 10.6 Å². The van der Waals surface area contributed by atoms with Crippen LogP contribution in [0.3, 0.4) is 0 Å². The van der Waals surface area contributed by atoms with Crippen molar-refractivity contribution in [3.05, 3.63) is 0 Å². The van der Waals surface area contributed by atoms with Gasteiger partial charge in [0.15, 0.2) is 5.78 Å². The van der Waals surface area contributed by atoms with Crippen molar-refractivity contribution in [2.24, 2.45) is 15.8 Å². The van der Waals surface area contributed by atoms with Crippen LogP contribution in [0.25, 0.3) is 0 Å². The fourth-order valence-corrected chi connectivity index (χ4v) is 3.85. The van der Waals surface area contributed by atoms with E-state index in [1.165, 1.54) is 7.11 Å². The van der Waals surface area contributed by atoms with E-state index in [1.54, 1.807) is 6.08 Å². The number of nitrogens with one attached hydrogen (secondary N) is 2. The van der Waals surface area contributed by atoms with E-state index in [1.807, 2.05) is 0 Å². The number of carbonyl (C=O) groups is 3. The number of aliphatic imine (C=N–C) groups is 1. The standard InChI is InChI=1S/C18H29N3O5/c1-17(2)7-13(21-12-22)8-18(3,10-17)11-20-16(25)19-9-14(23)5-6-15(24)26-4/h13H,5-11H2,1-4H3,(H2,19,20,25). The molecule has 1 fully saturated rings. The van der Waals surface area contributed by atoms with Crippen molar-refractivity contribution in [2.45, 2.75) is 58.9 Å². The number of ether oxygens (including phenoxy) is 1. The quantitative estimate of drug-likeness (QED) is 0.385. The number of hydrogen-bond donors (Lipinski definition) is 2. The largest absolute Gasteiger partial charge is 0.469 e.